The predicted molar refractivity (Wildman–Crippen MR) is 157 cm³/mol. The molecule has 0 bridgehead atoms. The van der Waals surface area contributed by atoms with Gasteiger partial charge in [0.05, 0.1) is 18.2 Å². The van der Waals surface area contributed by atoms with Crippen LogP contribution in [-0.2, 0) is 45.0 Å². The minimum absolute atomic E-state index is 0.0587. The monoisotopic (exact) mass is 606 g/mol. The second-order valence-electron chi connectivity index (χ2n) is 11.7. The van der Waals surface area contributed by atoms with Crippen molar-refractivity contribution in [3.05, 3.63) is 100 Å². The van der Waals surface area contributed by atoms with Crippen LogP contribution in [0.25, 0.3) is 0 Å². The predicted octanol–water partition coefficient (Wildman–Crippen LogP) is 3.49. The van der Waals surface area contributed by atoms with Crippen LogP contribution in [0, 0.1) is 22.9 Å². The summed E-state index contributed by atoms with van der Waals surface area (Å²) in [6.07, 6.45) is 1.39. The molecule has 0 spiro atoms. The van der Waals surface area contributed by atoms with Crippen LogP contribution in [0.4, 0.5) is 18.9 Å². The lowest BCUT2D eigenvalue weighted by atomic mass is 9.90. The molecule has 3 aromatic rings. The minimum Gasteiger partial charge on any atom is -0.354 e. The van der Waals surface area contributed by atoms with Crippen molar-refractivity contribution in [3.63, 3.8) is 0 Å². The van der Waals surface area contributed by atoms with Gasteiger partial charge >= 0.3 is 0 Å². The fourth-order valence-electron chi connectivity index (χ4n) is 5.67. The van der Waals surface area contributed by atoms with Crippen LogP contribution in [0.3, 0.4) is 0 Å². The van der Waals surface area contributed by atoms with E-state index in [2.05, 4.69) is 16.0 Å². The molecule has 0 aliphatic carbocycles. The van der Waals surface area contributed by atoms with Gasteiger partial charge in [-0.15, -0.1) is 0 Å². The summed E-state index contributed by atoms with van der Waals surface area (Å²) in [5.74, 6) is -3.91. The number of amides is 4. The topological polar surface area (TPSA) is 108 Å². The summed E-state index contributed by atoms with van der Waals surface area (Å²) in [6, 6.07) is 13.0. The molecule has 5 rings (SSSR count). The van der Waals surface area contributed by atoms with Crippen molar-refractivity contribution in [3.8, 4) is 0 Å². The third-order valence-corrected chi connectivity index (χ3v) is 8.13. The van der Waals surface area contributed by atoms with Gasteiger partial charge in [-0.05, 0) is 79.6 Å². The van der Waals surface area contributed by atoms with Crippen molar-refractivity contribution in [1.82, 2.24) is 16.0 Å². The zero-order valence-corrected chi connectivity index (χ0v) is 24.4. The molecule has 0 aromatic heterocycles. The smallest absolute Gasteiger partial charge is 0.249 e. The largest absolute Gasteiger partial charge is 0.354 e. The van der Waals surface area contributed by atoms with Crippen molar-refractivity contribution >= 4 is 29.3 Å². The zero-order valence-electron chi connectivity index (χ0n) is 24.4. The molecular weight excluding hydrogens is 573 g/mol. The summed E-state index contributed by atoms with van der Waals surface area (Å²) in [7, 11) is 0. The van der Waals surface area contributed by atoms with Gasteiger partial charge in [0.2, 0.25) is 23.6 Å². The number of aryl methyl sites for hydroxylation is 1. The number of rotatable bonds is 9. The maximum atomic E-state index is 13.9. The zero-order chi connectivity index (χ0) is 31.6. The molecule has 2 heterocycles. The molecule has 3 N–H and O–H groups in total. The fraction of sp³-hybridized carbons (Fsp3) is 0.333. The van der Waals surface area contributed by atoms with Crippen molar-refractivity contribution in [1.29, 1.82) is 0 Å². The molecular formula is C33H33F3N4O4. The van der Waals surface area contributed by atoms with Crippen molar-refractivity contribution in [2.75, 3.05) is 11.4 Å². The summed E-state index contributed by atoms with van der Waals surface area (Å²) < 4.78 is 40.3. The molecule has 1 unspecified atom stereocenters. The minimum atomic E-state index is -1.60. The third-order valence-electron chi connectivity index (χ3n) is 8.13. The normalized spacial score (nSPS) is 17.5. The summed E-state index contributed by atoms with van der Waals surface area (Å²) >= 11 is 0. The summed E-state index contributed by atoms with van der Waals surface area (Å²) in [5.41, 5.74) is 1.95. The van der Waals surface area contributed by atoms with E-state index in [-0.39, 0.29) is 42.7 Å². The van der Waals surface area contributed by atoms with Gasteiger partial charge in [0.1, 0.15) is 28.9 Å². The van der Waals surface area contributed by atoms with Gasteiger partial charge in [-0.25, -0.2) is 13.2 Å². The van der Waals surface area contributed by atoms with E-state index in [0.29, 0.717) is 24.8 Å². The lowest BCUT2D eigenvalue weighted by Crippen LogP contribution is -2.56. The quantitative estimate of drug-likeness (QED) is 0.324. The Morgan fingerprint density at radius 3 is 2.25 bits per heavy atom. The number of carbonyl (C=O) groups excluding carboxylic acids is 4. The van der Waals surface area contributed by atoms with Crippen LogP contribution >= 0.6 is 0 Å². The number of halogens is 3. The van der Waals surface area contributed by atoms with E-state index < -0.39 is 40.9 Å². The molecule has 4 amide bonds. The van der Waals surface area contributed by atoms with E-state index in [1.807, 2.05) is 18.2 Å². The molecule has 0 fully saturated rings. The van der Waals surface area contributed by atoms with Crippen LogP contribution in [0.15, 0.2) is 60.7 Å². The Morgan fingerprint density at radius 1 is 0.864 bits per heavy atom. The van der Waals surface area contributed by atoms with E-state index in [4.69, 9.17) is 0 Å². The number of hydrogen-bond acceptors (Lipinski definition) is 4. The highest BCUT2D eigenvalue weighted by Gasteiger charge is 2.43. The highest BCUT2D eigenvalue weighted by molar-refractivity contribution is 6.07. The van der Waals surface area contributed by atoms with Crippen molar-refractivity contribution in [2.45, 2.75) is 58.2 Å². The molecule has 0 radical (unpaired) electrons. The van der Waals surface area contributed by atoms with Gasteiger partial charge < -0.3 is 20.9 Å². The van der Waals surface area contributed by atoms with Crippen LogP contribution in [0.2, 0.25) is 0 Å². The highest BCUT2D eigenvalue weighted by atomic mass is 19.1. The summed E-state index contributed by atoms with van der Waals surface area (Å²) in [4.78, 5) is 54.6. The number of para-hydroxylation sites is 1. The van der Waals surface area contributed by atoms with Gasteiger partial charge in [0.15, 0.2) is 0 Å². The molecule has 2 atom stereocenters. The van der Waals surface area contributed by atoms with E-state index >= 15 is 0 Å². The Kier molecular flexibility index (Phi) is 8.75. The molecule has 3 aromatic carbocycles. The van der Waals surface area contributed by atoms with Gasteiger partial charge in [-0.2, -0.15) is 0 Å². The maximum Gasteiger partial charge on any atom is 0.249 e. The Labute approximate surface area is 253 Å². The van der Waals surface area contributed by atoms with Crippen LogP contribution in [0.1, 0.15) is 42.5 Å². The number of anilines is 1. The third kappa shape index (κ3) is 6.61. The molecule has 11 heteroatoms. The Morgan fingerprint density at radius 2 is 1.55 bits per heavy atom. The van der Waals surface area contributed by atoms with Crippen LogP contribution < -0.4 is 20.9 Å². The first-order chi connectivity index (χ1) is 20.9. The van der Waals surface area contributed by atoms with Gasteiger partial charge in [-0.1, -0.05) is 30.3 Å². The Balaban J connectivity index is 1.25. The maximum absolute atomic E-state index is 13.9. The molecule has 8 nitrogen and oxygen atoms in total. The first-order valence-corrected chi connectivity index (χ1v) is 14.4. The average molecular weight is 607 g/mol. The Bertz CT molecular complexity index is 1590. The van der Waals surface area contributed by atoms with Crippen molar-refractivity contribution in [2.24, 2.45) is 5.41 Å². The van der Waals surface area contributed by atoms with Crippen molar-refractivity contribution < 1.29 is 32.3 Å². The SMILES string of the molecule is CC(C)(C(=O)NCc1cc(F)cc(F)c1)C(=O)NC1CCc2cccc3c2N(C1=O)[C@H](CNC(=O)Cc1ccc(F)cc1)C3. The second kappa shape index (κ2) is 12.5. The molecule has 0 saturated carbocycles. The number of carbonyl (C=O) groups is 4. The van der Waals surface area contributed by atoms with Gasteiger partial charge in [0.25, 0.3) is 0 Å². The molecule has 2 aliphatic heterocycles. The fourth-order valence-corrected chi connectivity index (χ4v) is 5.67. The lowest BCUT2D eigenvalue weighted by Gasteiger charge is -2.30. The highest BCUT2D eigenvalue weighted by Crippen LogP contribution is 2.39. The first kappa shape index (κ1) is 30.8. The number of benzene rings is 3. The summed E-state index contributed by atoms with van der Waals surface area (Å²) in [6.45, 7) is 2.81. The number of nitrogens with one attached hydrogen (secondary N) is 3. The summed E-state index contributed by atoms with van der Waals surface area (Å²) in [5, 5.41) is 8.19. The van der Waals surface area contributed by atoms with Gasteiger partial charge in [0, 0.05) is 19.2 Å². The molecule has 230 valence electrons. The van der Waals surface area contributed by atoms with Crippen LogP contribution in [0.5, 0.6) is 0 Å². The van der Waals surface area contributed by atoms with E-state index in [9.17, 15) is 32.3 Å². The van der Waals surface area contributed by atoms with Gasteiger partial charge in [-0.3, -0.25) is 19.2 Å². The Hall–Kier alpha value is -4.67. The lowest BCUT2D eigenvalue weighted by molar-refractivity contribution is -0.143. The van der Waals surface area contributed by atoms with E-state index in [1.54, 1.807) is 17.0 Å². The van der Waals surface area contributed by atoms with Crippen LogP contribution in [-0.4, -0.2) is 42.3 Å². The van der Waals surface area contributed by atoms with E-state index in [1.165, 1.54) is 26.0 Å². The first-order valence-electron chi connectivity index (χ1n) is 14.4. The second-order valence-corrected chi connectivity index (χ2v) is 11.7. The molecule has 2 aliphatic rings. The standard InChI is InChI=1S/C33H33F3N4O4/c1-33(2,31(43)38-17-20-12-24(35)16-25(36)13-20)32(44)39-27-11-8-21-4-3-5-22-15-26(40(29(21)22)30(27)42)18-37-28(41)14-19-6-9-23(34)10-7-19/h3-7,9-10,12-13,16,26-27H,8,11,14-15,17-18H2,1-2H3,(H,37,41)(H,38,43)(H,39,44)/t26-,27?/m0/s1. The number of hydrogen-bond donors (Lipinski definition) is 3. The van der Waals surface area contributed by atoms with E-state index in [0.717, 1.165) is 35.0 Å². The molecule has 0 saturated heterocycles. The average Bonchev–Trinajstić information content (AvgIpc) is 3.29. The molecule has 44 heavy (non-hydrogen) atoms. The number of nitrogens with zero attached hydrogens (tertiary/aromatic N) is 1.